The third-order valence-electron chi connectivity index (χ3n) is 6.74. The highest BCUT2D eigenvalue weighted by Gasteiger charge is 2.58. The van der Waals surface area contributed by atoms with Crippen molar-refractivity contribution in [1.29, 1.82) is 0 Å². The average Bonchev–Trinajstić information content (AvgIpc) is 2.31. The van der Waals surface area contributed by atoms with Crippen molar-refractivity contribution in [2.75, 3.05) is 0 Å². The van der Waals surface area contributed by atoms with Gasteiger partial charge in [-0.05, 0) is 43.4 Å². The Morgan fingerprint density at radius 3 is 1.88 bits per heavy atom. The molecule has 0 saturated carbocycles. The van der Waals surface area contributed by atoms with Gasteiger partial charge in [-0.1, -0.05) is 54.6 Å². The van der Waals surface area contributed by atoms with Gasteiger partial charge in [0, 0.05) is 6.04 Å². The number of hydrogen-bond donors (Lipinski definition) is 0. The molecule has 1 saturated heterocycles. The predicted octanol–water partition coefficient (Wildman–Crippen LogP) is 5.33. The quantitative estimate of drug-likeness (QED) is 0.484. The van der Waals surface area contributed by atoms with Crippen molar-refractivity contribution < 1.29 is 9.22 Å². The van der Waals surface area contributed by atoms with E-state index in [4.69, 9.17) is 11.3 Å². The summed E-state index contributed by atoms with van der Waals surface area (Å²) in [4.78, 5) is 13.0. The van der Waals surface area contributed by atoms with Crippen molar-refractivity contribution in [3.8, 4) is 0 Å². The molecule has 5 heteroatoms. The first-order valence-corrected chi connectivity index (χ1v) is 15.1. The van der Waals surface area contributed by atoms with Gasteiger partial charge in [0.15, 0.2) is 16.6 Å². The van der Waals surface area contributed by atoms with E-state index >= 15 is 0 Å². The number of hydrogen-bond acceptors (Lipinski definition) is 2. The second-order valence-corrected chi connectivity index (χ2v) is 20.3. The van der Waals surface area contributed by atoms with Crippen LogP contribution in [0.4, 0.5) is 0 Å². The van der Waals surface area contributed by atoms with E-state index in [1.165, 1.54) is 0 Å². The van der Waals surface area contributed by atoms with Crippen LogP contribution in [0.2, 0.25) is 36.3 Å². The maximum absolute atomic E-state index is 13.0. The Bertz CT molecular complexity index is 475. The SMILES string of the molecule is [CH]CC1C(C(C)O[Si](C)(C)C(C)(C)C)C(=O)N1[Si](C)(C)C(C)(C)C. The molecule has 3 unspecified atom stereocenters. The van der Waals surface area contributed by atoms with Crippen LogP contribution in [0, 0.1) is 12.8 Å². The molecule has 0 bridgehead atoms. The van der Waals surface area contributed by atoms with Crippen molar-refractivity contribution in [2.24, 2.45) is 5.92 Å². The molecule has 2 radical (unpaired) electrons. The highest BCUT2D eigenvalue weighted by atomic mass is 28.4. The summed E-state index contributed by atoms with van der Waals surface area (Å²) in [6.07, 6.45) is 0.460. The maximum atomic E-state index is 13.0. The standard InChI is InChI=1S/C19H39NO2Si2/c1-13-15-16(14(2)22-24(11,12)19(6,7)8)17(21)20(15)23(9,10)18(3,4)5/h1,14-16H,13H2,2-12H3. The highest BCUT2D eigenvalue weighted by Crippen LogP contribution is 2.47. The summed E-state index contributed by atoms with van der Waals surface area (Å²) in [5.74, 6) is 0.168. The Morgan fingerprint density at radius 2 is 1.54 bits per heavy atom. The van der Waals surface area contributed by atoms with Gasteiger partial charge in [-0.2, -0.15) is 0 Å². The normalized spacial score (nSPS) is 24.8. The molecule has 24 heavy (non-hydrogen) atoms. The van der Waals surface area contributed by atoms with Crippen molar-refractivity contribution in [3.63, 3.8) is 0 Å². The second-order valence-electron chi connectivity index (χ2n) is 10.4. The molecule has 0 aromatic rings. The zero-order valence-electron chi connectivity index (χ0n) is 17.8. The average molecular weight is 370 g/mol. The van der Waals surface area contributed by atoms with Crippen molar-refractivity contribution in [1.82, 2.24) is 4.57 Å². The summed E-state index contributed by atoms with van der Waals surface area (Å²) in [5.41, 5.74) is 0. The van der Waals surface area contributed by atoms with E-state index in [9.17, 15) is 4.79 Å². The zero-order chi connectivity index (χ0) is 19.3. The fourth-order valence-electron chi connectivity index (χ4n) is 3.10. The van der Waals surface area contributed by atoms with E-state index in [0.717, 1.165) is 0 Å². The number of β-lactam (4-membered cyclic amide) rings is 1. The van der Waals surface area contributed by atoms with Crippen molar-refractivity contribution >= 4 is 22.5 Å². The number of amides is 1. The molecular weight excluding hydrogens is 330 g/mol. The Hall–Kier alpha value is -0.136. The summed E-state index contributed by atoms with van der Waals surface area (Å²) < 4.78 is 8.65. The molecule has 1 aliphatic rings. The lowest BCUT2D eigenvalue weighted by molar-refractivity contribution is -0.154. The predicted molar refractivity (Wildman–Crippen MR) is 108 cm³/mol. The molecule has 0 aromatic carbocycles. The smallest absolute Gasteiger partial charge is 0.222 e. The Balaban J connectivity index is 2.99. The summed E-state index contributed by atoms with van der Waals surface area (Å²) in [7, 11) is -3.78. The molecule has 1 amide bonds. The van der Waals surface area contributed by atoms with Gasteiger partial charge < -0.3 is 8.99 Å². The molecule has 140 valence electrons. The van der Waals surface area contributed by atoms with Gasteiger partial charge in [-0.3, -0.25) is 4.79 Å². The lowest BCUT2D eigenvalue weighted by Crippen LogP contribution is -2.74. The van der Waals surface area contributed by atoms with Gasteiger partial charge in [-0.25, -0.2) is 0 Å². The van der Waals surface area contributed by atoms with Crippen LogP contribution in [-0.2, 0) is 9.22 Å². The molecule has 3 nitrogen and oxygen atoms in total. The van der Waals surface area contributed by atoms with Gasteiger partial charge >= 0.3 is 0 Å². The minimum atomic E-state index is -1.89. The Morgan fingerprint density at radius 1 is 1.08 bits per heavy atom. The molecule has 1 aliphatic heterocycles. The molecule has 3 atom stereocenters. The molecule has 0 aliphatic carbocycles. The van der Waals surface area contributed by atoms with Gasteiger partial charge in [0.2, 0.25) is 5.91 Å². The molecule has 1 fully saturated rings. The van der Waals surface area contributed by atoms with Crippen LogP contribution in [0.1, 0.15) is 54.9 Å². The highest BCUT2D eigenvalue weighted by molar-refractivity contribution is 6.80. The van der Waals surface area contributed by atoms with E-state index in [-0.39, 0.29) is 34.0 Å². The molecule has 1 heterocycles. The van der Waals surface area contributed by atoms with Crippen LogP contribution in [-0.4, -0.2) is 39.2 Å². The van der Waals surface area contributed by atoms with Crippen molar-refractivity contribution in [3.05, 3.63) is 6.92 Å². The summed E-state index contributed by atoms with van der Waals surface area (Å²) in [6.45, 7) is 30.6. The van der Waals surface area contributed by atoms with Crippen LogP contribution in [0.25, 0.3) is 0 Å². The number of carbonyl (C=O) groups excluding carboxylic acids is 1. The van der Waals surface area contributed by atoms with E-state index in [2.05, 4.69) is 79.2 Å². The van der Waals surface area contributed by atoms with E-state index in [1.54, 1.807) is 0 Å². The molecule has 0 aromatic heterocycles. The van der Waals surface area contributed by atoms with E-state index in [0.29, 0.717) is 6.42 Å². The topological polar surface area (TPSA) is 29.5 Å². The fourth-order valence-corrected chi connectivity index (χ4v) is 7.05. The maximum Gasteiger partial charge on any atom is 0.222 e. The first-order chi connectivity index (χ1) is 10.5. The van der Waals surface area contributed by atoms with Crippen LogP contribution in [0.15, 0.2) is 0 Å². The van der Waals surface area contributed by atoms with Crippen LogP contribution < -0.4 is 0 Å². The molecule has 0 N–H and O–H groups in total. The third-order valence-corrected chi connectivity index (χ3v) is 16.7. The number of rotatable bonds is 5. The number of nitrogens with zero attached hydrogens (tertiary/aromatic N) is 1. The summed E-state index contributed by atoms with van der Waals surface area (Å²) >= 11 is 0. The summed E-state index contributed by atoms with van der Waals surface area (Å²) in [5, 5.41) is 0.274. The van der Waals surface area contributed by atoms with Gasteiger partial charge in [0.05, 0.1) is 12.0 Å². The third kappa shape index (κ3) is 3.68. The fraction of sp³-hybridized carbons (Fsp3) is 0.895. The molecular formula is C19H39NO2Si2. The van der Waals surface area contributed by atoms with Crippen LogP contribution in [0.5, 0.6) is 0 Å². The molecule has 0 spiro atoms. The number of carbonyl (C=O) groups is 1. The summed E-state index contributed by atoms with van der Waals surface area (Å²) in [6, 6.07) is 0.123. The van der Waals surface area contributed by atoms with E-state index < -0.39 is 16.6 Å². The minimum absolute atomic E-state index is 0.0621. The first kappa shape index (κ1) is 21.9. The van der Waals surface area contributed by atoms with Gasteiger partial charge in [-0.15, -0.1) is 0 Å². The van der Waals surface area contributed by atoms with E-state index in [1.807, 2.05) is 0 Å². The Labute approximate surface area is 152 Å². The van der Waals surface area contributed by atoms with Crippen LogP contribution in [0.3, 0.4) is 0 Å². The largest absolute Gasteiger partial charge is 0.413 e. The lowest BCUT2D eigenvalue weighted by atomic mass is 9.84. The lowest BCUT2D eigenvalue weighted by Gasteiger charge is -2.60. The Kier molecular flexibility index (Phi) is 5.97. The minimum Gasteiger partial charge on any atom is -0.413 e. The zero-order valence-corrected chi connectivity index (χ0v) is 19.8. The monoisotopic (exact) mass is 369 g/mol. The van der Waals surface area contributed by atoms with Crippen LogP contribution >= 0.6 is 0 Å². The van der Waals surface area contributed by atoms with Gasteiger partial charge in [0.25, 0.3) is 0 Å². The van der Waals surface area contributed by atoms with Crippen molar-refractivity contribution in [2.45, 2.75) is 103 Å². The second kappa shape index (κ2) is 6.55. The molecule has 1 rings (SSSR count). The first-order valence-electron chi connectivity index (χ1n) is 9.20. The van der Waals surface area contributed by atoms with Gasteiger partial charge in [0.1, 0.15) is 0 Å².